The molecule has 0 atom stereocenters. The fraction of sp³-hybridized carbons (Fsp3) is 0.0714. The molecule has 0 unspecified atom stereocenters. The minimum Gasteiger partial charge on any atom is -0.427 e. The molecule has 0 aromatic heterocycles. The maximum absolute atomic E-state index is 11.5. The van der Waals surface area contributed by atoms with E-state index in [1.807, 2.05) is 0 Å². The molecule has 0 radical (unpaired) electrons. The van der Waals surface area contributed by atoms with Gasteiger partial charge in [-0.1, -0.05) is 0 Å². The Morgan fingerprint density at radius 3 is 2.15 bits per heavy atom. The summed E-state index contributed by atoms with van der Waals surface area (Å²) >= 11 is 6.38. The molecule has 1 aliphatic carbocycles. The van der Waals surface area contributed by atoms with Crippen molar-refractivity contribution in [2.24, 2.45) is 4.99 Å². The third kappa shape index (κ3) is 3.74. The number of allylic oxidation sites excluding steroid dienone is 4. The lowest BCUT2D eigenvalue weighted by molar-refractivity contribution is -0.131. The molecule has 0 aliphatic heterocycles. The van der Waals surface area contributed by atoms with Crippen molar-refractivity contribution in [1.82, 2.24) is 0 Å². The molecule has 0 heterocycles. The molecule has 1 aliphatic rings. The highest BCUT2D eigenvalue weighted by Crippen LogP contribution is 2.25. The molecule has 0 amide bonds. The fourth-order valence-electron chi connectivity index (χ4n) is 1.51. The first-order valence-corrected chi connectivity index (χ1v) is 7.20. The van der Waals surface area contributed by atoms with Crippen LogP contribution in [0.25, 0.3) is 0 Å². The van der Waals surface area contributed by atoms with Gasteiger partial charge in [0.1, 0.15) is 5.75 Å². The van der Waals surface area contributed by atoms with Gasteiger partial charge in [-0.25, -0.2) is 4.99 Å². The van der Waals surface area contributed by atoms with Gasteiger partial charge in [-0.05, 0) is 68.3 Å². The SMILES string of the molecule is CC(=O)Oc1ccc(N=C2C=C(Br)C(=O)C(Br)=C2)cc1. The lowest BCUT2D eigenvalue weighted by atomic mass is 10.1. The Labute approximate surface area is 132 Å². The maximum atomic E-state index is 11.5. The first kappa shape index (κ1) is 14.9. The van der Waals surface area contributed by atoms with Crippen LogP contribution < -0.4 is 4.74 Å². The summed E-state index contributed by atoms with van der Waals surface area (Å²) in [6.07, 6.45) is 3.29. The van der Waals surface area contributed by atoms with Crippen LogP contribution in [-0.2, 0) is 9.59 Å². The summed E-state index contributed by atoms with van der Waals surface area (Å²) in [4.78, 5) is 26.7. The van der Waals surface area contributed by atoms with Gasteiger partial charge >= 0.3 is 5.97 Å². The Balaban J connectivity index is 2.23. The summed E-state index contributed by atoms with van der Waals surface area (Å²) in [7, 11) is 0. The first-order valence-electron chi connectivity index (χ1n) is 5.62. The van der Waals surface area contributed by atoms with Crippen LogP contribution >= 0.6 is 31.9 Å². The van der Waals surface area contributed by atoms with Gasteiger partial charge < -0.3 is 4.74 Å². The van der Waals surface area contributed by atoms with Crippen molar-refractivity contribution >= 4 is 55.0 Å². The molecule has 1 aromatic rings. The minimum atomic E-state index is -0.367. The van der Waals surface area contributed by atoms with Crippen LogP contribution in [0, 0.1) is 0 Å². The Morgan fingerprint density at radius 2 is 1.65 bits per heavy atom. The van der Waals surface area contributed by atoms with Crippen molar-refractivity contribution in [3.05, 3.63) is 45.4 Å². The molecule has 0 bridgehead atoms. The summed E-state index contributed by atoms with van der Waals surface area (Å²) < 4.78 is 5.83. The zero-order valence-electron chi connectivity index (χ0n) is 10.4. The Bertz CT molecular complexity index is 634. The van der Waals surface area contributed by atoms with E-state index >= 15 is 0 Å². The van der Waals surface area contributed by atoms with E-state index in [-0.39, 0.29) is 11.8 Å². The molecular weight excluding hydrogens is 390 g/mol. The molecule has 0 saturated carbocycles. The number of nitrogens with zero attached hydrogens (tertiary/aromatic N) is 1. The number of ether oxygens (including phenoxy) is 1. The highest BCUT2D eigenvalue weighted by molar-refractivity contribution is 9.13. The van der Waals surface area contributed by atoms with E-state index in [2.05, 4.69) is 36.9 Å². The van der Waals surface area contributed by atoms with Gasteiger partial charge in [-0.2, -0.15) is 0 Å². The number of hydrogen-bond acceptors (Lipinski definition) is 4. The van der Waals surface area contributed by atoms with E-state index < -0.39 is 0 Å². The smallest absolute Gasteiger partial charge is 0.308 e. The van der Waals surface area contributed by atoms with Crippen LogP contribution in [0.3, 0.4) is 0 Å². The number of carbonyl (C=O) groups excluding carboxylic acids is 2. The predicted molar refractivity (Wildman–Crippen MR) is 83.9 cm³/mol. The van der Waals surface area contributed by atoms with Gasteiger partial charge in [0.2, 0.25) is 5.78 Å². The number of rotatable bonds is 2. The molecule has 0 spiro atoms. The third-order valence-corrected chi connectivity index (χ3v) is 3.52. The number of Topliss-reactive ketones (excluding diaryl/α,β-unsaturated/α-hetero) is 1. The van der Waals surface area contributed by atoms with E-state index in [0.717, 1.165) is 0 Å². The van der Waals surface area contributed by atoms with Gasteiger partial charge in [0.15, 0.2) is 0 Å². The molecule has 20 heavy (non-hydrogen) atoms. The lowest BCUT2D eigenvalue weighted by Gasteiger charge is -2.06. The predicted octanol–water partition coefficient (Wildman–Crippen LogP) is 3.82. The van der Waals surface area contributed by atoms with Gasteiger partial charge in [0.05, 0.1) is 20.4 Å². The second-order valence-corrected chi connectivity index (χ2v) is 5.65. The standard InChI is InChI=1S/C14H9Br2NO3/c1-8(18)20-11-4-2-9(3-5-11)17-10-6-12(15)14(19)13(16)7-10/h2-7H,1H3. The summed E-state index contributed by atoms with van der Waals surface area (Å²) in [5, 5.41) is 0. The minimum absolute atomic E-state index is 0.117. The lowest BCUT2D eigenvalue weighted by Crippen LogP contribution is -2.07. The zero-order valence-corrected chi connectivity index (χ0v) is 13.6. The highest BCUT2D eigenvalue weighted by atomic mass is 79.9. The number of hydrogen-bond donors (Lipinski definition) is 0. The summed E-state index contributed by atoms with van der Waals surface area (Å²) in [5.41, 5.74) is 1.34. The van der Waals surface area contributed by atoms with E-state index in [1.54, 1.807) is 36.4 Å². The number of esters is 1. The summed E-state index contributed by atoms with van der Waals surface area (Å²) in [6.45, 7) is 1.35. The van der Waals surface area contributed by atoms with Crippen molar-refractivity contribution in [3.63, 3.8) is 0 Å². The second kappa shape index (κ2) is 6.28. The summed E-state index contributed by atoms with van der Waals surface area (Å²) in [5.74, 6) is -0.0172. The van der Waals surface area contributed by atoms with Crippen molar-refractivity contribution in [1.29, 1.82) is 0 Å². The molecule has 4 nitrogen and oxygen atoms in total. The Kier molecular flexibility index (Phi) is 4.67. The van der Waals surface area contributed by atoms with Gasteiger partial charge in [-0.15, -0.1) is 0 Å². The molecule has 1 aromatic carbocycles. The van der Waals surface area contributed by atoms with Crippen molar-refractivity contribution in [3.8, 4) is 5.75 Å². The van der Waals surface area contributed by atoms with Gasteiger partial charge in [0, 0.05) is 6.92 Å². The molecule has 0 saturated heterocycles. The van der Waals surface area contributed by atoms with Crippen molar-refractivity contribution in [2.45, 2.75) is 6.92 Å². The highest BCUT2D eigenvalue weighted by Gasteiger charge is 2.16. The average Bonchev–Trinajstić information content (AvgIpc) is 2.37. The van der Waals surface area contributed by atoms with Crippen LogP contribution in [-0.4, -0.2) is 17.5 Å². The quantitative estimate of drug-likeness (QED) is 0.432. The third-order valence-electron chi connectivity index (χ3n) is 2.34. The zero-order chi connectivity index (χ0) is 14.7. The van der Waals surface area contributed by atoms with Crippen LogP contribution in [0.5, 0.6) is 5.75 Å². The Hall–Kier alpha value is -1.53. The molecule has 0 fully saturated rings. The molecule has 102 valence electrons. The number of carbonyl (C=O) groups is 2. The topological polar surface area (TPSA) is 55.7 Å². The maximum Gasteiger partial charge on any atom is 0.308 e. The van der Waals surface area contributed by atoms with E-state index in [1.165, 1.54) is 6.92 Å². The monoisotopic (exact) mass is 397 g/mol. The molecule has 2 rings (SSSR count). The number of aliphatic imine (C=N–C) groups is 1. The number of ketones is 1. The average molecular weight is 399 g/mol. The molecule has 0 N–H and O–H groups in total. The van der Waals surface area contributed by atoms with E-state index in [4.69, 9.17) is 4.74 Å². The van der Waals surface area contributed by atoms with Crippen LogP contribution in [0.4, 0.5) is 5.69 Å². The normalized spacial score (nSPS) is 14.6. The van der Waals surface area contributed by atoms with Crippen LogP contribution in [0.2, 0.25) is 0 Å². The number of benzene rings is 1. The van der Waals surface area contributed by atoms with E-state index in [0.29, 0.717) is 26.1 Å². The van der Waals surface area contributed by atoms with Crippen molar-refractivity contribution in [2.75, 3.05) is 0 Å². The van der Waals surface area contributed by atoms with Gasteiger partial charge in [-0.3, -0.25) is 9.59 Å². The van der Waals surface area contributed by atoms with E-state index in [9.17, 15) is 9.59 Å². The summed E-state index contributed by atoms with van der Waals surface area (Å²) in [6, 6.07) is 6.77. The first-order chi connectivity index (χ1) is 9.45. The van der Waals surface area contributed by atoms with Crippen molar-refractivity contribution < 1.29 is 14.3 Å². The Morgan fingerprint density at radius 1 is 1.10 bits per heavy atom. The van der Waals surface area contributed by atoms with Gasteiger partial charge in [0.25, 0.3) is 0 Å². The largest absolute Gasteiger partial charge is 0.427 e. The van der Waals surface area contributed by atoms with Crippen LogP contribution in [0.1, 0.15) is 6.92 Å². The second-order valence-electron chi connectivity index (χ2n) is 3.94. The molecular formula is C14H9Br2NO3. The van der Waals surface area contributed by atoms with Crippen LogP contribution in [0.15, 0.2) is 50.4 Å². The molecule has 6 heteroatoms. The fourth-order valence-corrected chi connectivity index (χ4v) is 2.68. The number of halogens is 2.